The fourth-order valence-corrected chi connectivity index (χ4v) is 2.45. The molecule has 1 fully saturated rings. The van der Waals surface area contributed by atoms with Gasteiger partial charge >= 0.3 is 0 Å². The average molecular weight is 300 g/mol. The molecular formula is C13H18BrNO2. The van der Waals surface area contributed by atoms with Crippen molar-refractivity contribution in [3.63, 3.8) is 0 Å². The first-order chi connectivity index (χ1) is 8.05. The zero-order valence-corrected chi connectivity index (χ0v) is 11.5. The number of hydrogen-bond donors (Lipinski definition) is 3. The molecule has 17 heavy (non-hydrogen) atoms. The molecule has 0 aliphatic heterocycles. The Morgan fingerprint density at radius 2 is 2.18 bits per heavy atom. The first-order valence-corrected chi connectivity index (χ1v) is 6.68. The molecule has 3 nitrogen and oxygen atoms in total. The second-order valence-electron chi connectivity index (χ2n) is 4.98. The van der Waals surface area contributed by atoms with Gasteiger partial charge in [0.25, 0.3) is 0 Å². The molecule has 4 heteroatoms. The summed E-state index contributed by atoms with van der Waals surface area (Å²) in [6.45, 7) is 2.74. The fraction of sp³-hybridized carbons (Fsp3) is 0.538. The van der Waals surface area contributed by atoms with Gasteiger partial charge in [-0.05, 0) is 43.9 Å². The first-order valence-electron chi connectivity index (χ1n) is 5.88. The third-order valence-corrected chi connectivity index (χ3v) is 4.02. The number of phenols is 1. The molecule has 0 saturated heterocycles. The van der Waals surface area contributed by atoms with Crippen LogP contribution in [-0.2, 0) is 6.54 Å². The lowest BCUT2D eigenvalue weighted by atomic mass is 9.96. The van der Waals surface area contributed by atoms with Gasteiger partial charge < -0.3 is 15.5 Å². The van der Waals surface area contributed by atoms with Crippen molar-refractivity contribution in [1.82, 2.24) is 5.32 Å². The van der Waals surface area contributed by atoms with E-state index in [-0.39, 0.29) is 17.9 Å². The third-order valence-electron chi connectivity index (χ3n) is 3.53. The molecule has 0 aromatic heterocycles. The third kappa shape index (κ3) is 3.00. The fourth-order valence-electron chi connectivity index (χ4n) is 2.04. The van der Waals surface area contributed by atoms with Crippen LogP contribution >= 0.6 is 15.9 Å². The number of benzene rings is 1. The summed E-state index contributed by atoms with van der Waals surface area (Å²) in [4.78, 5) is 0. The van der Waals surface area contributed by atoms with Gasteiger partial charge in [0.2, 0.25) is 0 Å². The Bertz CT molecular complexity index is 406. The van der Waals surface area contributed by atoms with Gasteiger partial charge in [0.15, 0.2) is 0 Å². The Morgan fingerprint density at radius 1 is 1.47 bits per heavy atom. The van der Waals surface area contributed by atoms with E-state index < -0.39 is 0 Å². The van der Waals surface area contributed by atoms with Gasteiger partial charge in [-0.3, -0.25) is 0 Å². The Balaban J connectivity index is 2.03. The molecule has 1 aromatic rings. The van der Waals surface area contributed by atoms with Crippen LogP contribution in [0.15, 0.2) is 22.7 Å². The van der Waals surface area contributed by atoms with Crippen molar-refractivity contribution in [3.05, 3.63) is 28.2 Å². The molecule has 0 bridgehead atoms. The van der Waals surface area contributed by atoms with E-state index in [9.17, 15) is 10.2 Å². The van der Waals surface area contributed by atoms with Crippen LogP contribution in [0.5, 0.6) is 5.75 Å². The number of hydrogen-bond acceptors (Lipinski definition) is 3. The van der Waals surface area contributed by atoms with Gasteiger partial charge in [-0.25, -0.2) is 0 Å². The molecule has 1 aromatic carbocycles. The number of halogens is 1. The predicted molar refractivity (Wildman–Crippen MR) is 70.9 cm³/mol. The Labute approximate surface area is 110 Å². The Morgan fingerprint density at radius 3 is 2.76 bits per heavy atom. The van der Waals surface area contributed by atoms with Crippen LogP contribution in [0.4, 0.5) is 0 Å². The highest BCUT2D eigenvalue weighted by Gasteiger charge is 2.40. The molecule has 0 amide bonds. The van der Waals surface area contributed by atoms with Gasteiger partial charge in [0.05, 0.1) is 6.61 Å². The smallest absolute Gasteiger partial charge is 0.120 e. The van der Waals surface area contributed by atoms with Crippen LogP contribution < -0.4 is 5.32 Å². The summed E-state index contributed by atoms with van der Waals surface area (Å²) in [5, 5.41) is 22.6. The molecule has 1 unspecified atom stereocenters. The SMILES string of the molecule is CC(CO)(NCc1cc(Br)ccc1O)C1CC1. The van der Waals surface area contributed by atoms with Gasteiger partial charge in [-0.2, -0.15) is 0 Å². The van der Waals surface area contributed by atoms with Gasteiger partial charge in [-0.15, -0.1) is 0 Å². The van der Waals surface area contributed by atoms with Gasteiger partial charge in [-0.1, -0.05) is 15.9 Å². The maximum atomic E-state index is 9.74. The highest BCUT2D eigenvalue weighted by Crippen LogP contribution is 2.39. The van der Waals surface area contributed by atoms with Crippen LogP contribution in [0, 0.1) is 5.92 Å². The number of phenolic OH excluding ortho intramolecular Hbond substituents is 1. The Hall–Kier alpha value is -0.580. The van der Waals surface area contributed by atoms with Crippen LogP contribution in [0.2, 0.25) is 0 Å². The minimum Gasteiger partial charge on any atom is -0.508 e. The van der Waals surface area contributed by atoms with E-state index in [1.54, 1.807) is 6.07 Å². The second-order valence-corrected chi connectivity index (χ2v) is 5.89. The molecule has 0 radical (unpaired) electrons. The lowest BCUT2D eigenvalue weighted by Gasteiger charge is -2.29. The molecule has 1 aliphatic carbocycles. The number of rotatable bonds is 5. The lowest BCUT2D eigenvalue weighted by molar-refractivity contribution is 0.153. The molecule has 1 saturated carbocycles. The first kappa shape index (κ1) is 12.9. The molecule has 0 spiro atoms. The Kier molecular flexibility index (Phi) is 3.76. The summed E-state index contributed by atoms with van der Waals surface area (Å²) in [5.74, 6) is 0.846. The molecule has 2 rings (SSSR count). The summed E-state index contributed by atoms with van der Waals surface area (Å²) >= 11 is 3.39. The molecule has 1 atom stereocenters. The predicted octanol–water partition coefficient (Wildman–Crippen LogP) is 2.41. The number of aromatic hydroxyl groups is 1. The largest absolute Gasteiger partial charge is 0.508 e. The minimum atomic E-state index is -0.227. The van der Waals surface area contributed by atoms with E-state index in [0.717, 1.165) is 10.0 Å². The topological polar surface area (TPSA) is 52.5 Å². The number of nitrogens with one attached hydrogen (secondary N) is 1. The maximum Gasteiger partial charge on any atom is 0.120 e. The molecule has 0 heterocycles. The number of aliphatic hydroxyl groups excluding tert-OH is 1. The highest BCUT2D eigenvalue weighted by molar-refractivity contribution is 9.10. The van der Waals surface area contributed by atoms with Crippen molar-refractivity contribution < 1.29 is 10.2 Å². The van der Waals surface area contributed by atoms with Crippen molar-refractivity contribution in [2.75, 3.05) is 6.61 Å². The van der Waals surface area contributed by atoms with Crippen LogP contribution in [-0.4, -0.2) is 22.4 Å². The zero-order chi connectivity index (χ0) is 12.5. The summed E-state index contributed by atoms with van der Waals surface area (Å²) < 4.78 is 0.948. The quantitative estimate of drug-likeness (QED) is 0.782. The summed E-state index contributed by atoms with van der Waals surface area (Å²) in [6.07, 6.45) is 2.35. The summed E-state index contributed by atoms with van der Waals surface area (Å²) in [6, 6.07) is 5.38. The van der Waals surface area contributed by atoms with Crippen molar-refractivity contribution in [2.45, 2.75) is 31.8 Å². The van der Waals surface area contributed by atoms with E-state index in [1.807, 2.05) is 19.1 Å². The average Bonchev–Trinajstić information content (AvgIpc) is 3.14. The molecule has 3 N–H and O–H groups in total. The van der Waals surface area contributed by atoms with E-state index in [4.69, 9.17) is 0 Å². The second kappa shape index (κ2) is 4.96. The van der Waals surface area contributed by atoms with Crippen LogP contribution in [0.25, 0.3) is 0 Å². The van der Waals surface area contributed by atoms with E-state index in [2.05, 4.69) is 21.2 Å². The van der Waals surface area contributed by atoms with E-state index >= 15 is 0 Å². The van der Waals surface area contributed by atoms with E-state index in [0.29, 0.717) is 12.5 Å². The van der Waals surface area contributed by atoms with Crippen molar-refractivity contribution in [1.29, 1.82) is 0 Å². The normalized spacial score (nSPS) is 19.0. The van der Waals surface area contributed by atoms with Gasteiger partial charge in [0, 0.05) is 22.1 Å². The van der Waals surface area contributed by atoms with Gasteiger partial charge in [0.1, 0.15) is 5.75 Å². The summed E-state index contributed by atoms with van der Waals surface area (Å²) in [7, 11) is 0. The van der Waals surface area contributed by atoms with Crippen LogP contribution in [0.3, 0.4) is 0 Å². The highest BCUT2D eigenvalue weighted by atomic mass is 79.9. The number of aliphatic hydroxyl groups is 1. The summed E-state index contributed by atoms with van der Waals surface area (Å²) in [5.41, 5.74) is 0.620. The molecule has 1 aliphatic rings. The zero-order valence-electron chi connectivity index (χ0n) is 9.91. The lowest BCUT2D eigenvalue weighted by Crippen LogP contribution is -2.47. The minimum absolute atomic E-state index is 0.131. The van der Waals surface area contributed by atoms with Crippen molar-refractivity contribution in [2.24, 2.45) is 5.92 Å². The van der Waals surface area contributed by atoms with Crippen molar-refractivity contribution >= 4 is 15.9 Å². The monoisotopic (exact) mass is 299 g/mol. The maximum absolute atomic E-state index is 9.74. The standard InChI is InChI=1S/C13H18BrNO2/c1-13(8-16,10-2-3-10)15-7-9-6-11(14)4-5-12(9)17/h4-6,10,15-17H,2-3,7-8H2,1H3. The molecular weight excluding hydrogens is 282 g/mol. The molecule has 94 valence electrons. The van der Waals surface area contributed by atoms with E-state index in [1.165, 1.54) is 12.8 Å². The van der Waals surface area contributed by atoms with Crippen molar-refractivity contribution in [3.8, 4) is 5.75 Å². The van der Waals surface area contributed by atoms with Crippen LogP contribution in [0.1, 0.15) is 25.3 Å².